The normalized spacial score (nSPS) is 17.4. The molecule has 12 heteroatoms. The lowest BCUT2D eigenvalue weighted by Gasteiger charge is -2.33. The van der Waals surface area contributed by atoms with E-state index in [4.69, 9.17) is 9.47 Å². The topological polar surface area (TPSA) is 166 Å². The fourth-order valence-electron chi connectivity index (χ4n) is 4.76. The molecule has 1 saturated carbocycles. The van der Waals surface area contributed by atoms with Crippen molar-refractivity contribution < 1.29 is 39.5 Å². The summed E-state index contributed by atoms with van der Waals surface area (Å²) in [6.45, 7) is 3.54. The molecule has 2 heterocycles. The Balaban J connectivity index is 1.47. The minimum Gasteiger partial charge on any atom is -0.477 e. The summed E-state index contributed by atoms with van der Waals surface area (Å²) in [5, 5.41) is 37.4. The molecule has 0 unspecified atom stereocenters. The van der Waals surface area contributed by atoms with Gasteiger partial charge in [0.1, 0.15) is 11.4 Å². The molecule has 1 aliphatic rings. The Morgan fingerprint density at radius 1 is 0.725 bits per heavy atom. The van der Waals surface area contributed by atoms with Crippen molar-refractivity contribution in [2.45, 2.75) is 51.0 Å². The van der Waals surface area contributed by atoms with E-state index in [9.17, 15) is 30.0 Å². The smallest absolute Gasteiger partial charge is 0.354 e. The van der Waals surface area contributed by atoms with Gasteiger partial charge in [-0.1, -0.05) is 25.0 Å². The third-order valence-corrected chi connectivity index (χ3v) is 6.78. The van der Waals surface area contributed by atoms with Gasteiger partial charge in [0, 0.05) is 39.3 Å². The van der Waals surface area contributed by atoms with Crippen LogP contribution in [0.3, 0.4) is 0 Å². The van der Waals surface area contributed by atoms with Crippen LogP contribution in [0.1, 0.15) is 58.0 Å². The van der Waals surface area contributed by atoms with Gasteiger partial charge in [-0.2, -0.15) is 0 Å². The fourth-order valence-corrected chi connectivity index (χ4v) is 4.76. The van der Waals surface area contributed by atoms with Gasteiger partial charge in [-0.25, -0.2) is 19.6 Å². The second-order valence-corrected chi connectivity index (χ2v) is 9.74. The fraction of sp³-hybridized carbons (Fsp3) is 0.571. The van der Waals surface area contributed by atoms with Crippen molar-refractivity contribution in [2.75, 3.05) is 52.6 Å². The first kappa shape index (κ1) is 31.5. The van der Waals surface area contributed by atoms with Crippen molar-refractivity contribution in [1.82, 2.24) is 19.8 Å². The number of ether oxygens (including phenoxy) is 2. The Bertz CT molecular complexity index is 989. The van der Waals surface area contributed by atoms with Crippen LogP contribution in [0.15, 0.2) is 36.4 Å². The van der Waals surface area contributed by atoms with E-state index in [-0.39, 0.29) is 36.8 Å². The number of hydrogen-bond acceptors (Lipinski definition) is 10. The average molecular weight is 561 g/mol. The van der Waals surface area contributed by atoms with Crippen LogP contribution < -0.4 is 0 Å². The average Bonchev–Trinajstić information content (AvgIpc) is 2.94. The lowest BCUT2D eigenvalue weighted by atomic mass is 9.94. The molecule has 2 atom stereocenters. The van der Waals surface area contributed by atoms with Crippen LogP contribution in [0, 0.1) is 0 Å². The third-order valence-electron chi connectivity index (χ3n) is 6.78. The molecule has 0 aromatic carbocycles. The van der Waals surface area contributed by atoms with E-state index in [0.717, 1.165) is 25.7 Å². The van der Waals surface area contributed by atoms with Gasteiger partial charge in [-0.05, 0) is 37.1 Å². The van der Waals surface area contributed by atoms with E-state index in [1.807, 2.05) is 9.80 Å². The molecule has 12 nitrogen and oxygen atoms in total. The van der Waals surface area contributed by atoms with Gasteiger partial charge < -0.3 is 29.9 Å². The van der Waals surface area contributed by atoms with Crippen LogP contribution in [0.4, 0.5) is 0 Å². The number of aliphatic hydroxyl groups excluding tert-OH is 2. The van der Waals surface area contributed by atoms with Gasteiger partial charge in [-0.3, -0.25) is 9.80 Å². The zero-order chi connectivity index (χ0) is 28.7. The van der Waals surface area contributed by atoms with Crippen LogP contribution in [-0.4, -0.2) is 117 Å². The van der Waals surface area contributed by atoms with Gasteiger partial charge in [0.25, 0.3) is 0 Å². The molecule has 4 N–H and O–H groups in total. The highest BCUT2D eigenvalue weighted by molar-refractivity contribution is 5.85. The summed E-state index contributed by atoms with van der Waals surface area (Å²) in [5.74, 6) is -2.16. The number of aromatic carboxylic acids is 2. The number of carboxylic acid groups (broad SMARTS) is 2. The number of aromatic nitrogens is 2. The Morgan fingerprint density at radius 3 is 1.52 bits per heavy atom. The molecule has 0 aliphatic heterocycles. The molecule has 3 rings (SSSR count). The minimum absolute atomic E-state index is 0.0116. The van der Waals surface area contributed by atoms with Crippen LogP contribution >= 0.6 is 0 Å². The molecule has 0 spiro atoms. The SMILES string of the molecule is O=C(O)c1cccc(CN(CCO)CCO[C@H]2CCCC[C@H]2OCCN(CCO)Cc2cccc(C(=O)O)n2)n1. The van der Waals surface area contributed by atoms with E-state index in [2.05, 4.69) is 9.97 Å². The van der Waals surface area contributed by atoms with Crippen molar-refractivity contribution in [3.05, 3.63) is 59.2 Å². The molecule has 0 saturated heterocycles. The summed E-state index contributed by atoms with van der Waals surface area (Å²) < 4.78 is 12.5. The van der Waals surface area contributed by atoms with Gasteiger partial charge in [-0.15, -0.1) is 0 Å². The number of carbonyl (C=O) groups is 2. The number of carboxylic acids is 2. The highest BCUT2D eigenvalue weighted by atomic mass is 16.5. The first-order chi connectivity index (χ1) is 19.4. The number of nitrogens with zero attached hydrogens (tertiary/aromatic N) is 4. The number of rotatable bonds is 18. The molecule has 0 amide bonds. The second kappa shape index (κ2) is 17.0. The minimum atomic E-state index is -1.08. The van der Waals surface area contributed by atoms with E-state index >= 15 is 0 Å². The molecule has 1 fully saturated rings. The molecule has 2 aromatic rings. The molecular formula is C28H40N4O8. The second-order valence-electron chi connectivity index (χ2n) is 9.74. The quantitative estimate of drug-likeness (QED) is 0.208. The Hall–Kier alpha value is -3.00. The predicted molar refractivity (Wildman–Crippen MR) is 145 cm³/mol. The molecule has 1 aliphatic carbocycles. The third kappa shape index (κ3) is 10.5. The molecule has 0 bridgehead atoms. The largest absolute Gasteiger partial charge is 0.477 e. The van der Waals surface area contributed by atoms with Crippen LogP contribution in [0.5, 0.6) is 0 Å². The van der Waals surface area contributed by atoms with Crippen LogP contribution in [0.25, 0.3) is 0 Å². The highest BCUT2D eigenvalue weighted by Crippen LogP contribution is 2.24. The number of aliphatic hydroxyl groups is 2. The zero-order valence-electron chi connectivity index (χ0n) is 22.7. The first-order valence-electron chi connectivity index (χ1n) is 13.7. The van der Waals surface area contributed by atoms with Gasteiger partial charge >= 0.3 is 11.9 Å². The summed E-state index contributed by atoms with van der Waals surface area (Å²) in [6, 6.07) is 9.75. The number of pyridine rings is 2. The molecule has 220 valence electrons. The standard InChI is InChI=1S/C28H40N4O8/c33-15-11-31(19-21-5-3-7-23(29-21)27(35)36)13-17-39-25-9-1-2-10-26(25)40-18-14-32(12-16-34)20-22-6-4-8-24(30-22)28(37)38/h3-8,25-26,33-34H,1-2,9-20H2,(H,35,36)(H,37,38)/t25-,26+. The molecular weight excluding hydrogens is 520 g/mol. The van der Waals surface area contributed by atoms with E-state index in [0.29, 0.717) is 63.9 Å². The monoisotopic (exact) mass is 560 g/mol. The summed E-state index contributed by atoms with van der Waals surface area (Å²) >= 11 is 0. The number of hydrogen-bond donors (Lipinski definition) is 4. The van der Waals surface area contributed by atoms with E-state index in [1.165, 1.54) is 12.1 Å². The summed E-state index contributed by atoms with van der Waals surface area (Å²) in [6.07, 6.45) is 3.77. The van der Waals surface area contributed by atoms with Crippen molar-refractivity contribution in [1.29, 1.82) is 0 Å². The summed E-state index contributed by atoms with van der Waals surface area (Å²) in [7, 11) is 0. The maximum atomic E-state index is 11.2. The Kier molecular flexibility index (Phi) is 13.4. The van der Waals surface area contributed by atoms with Crippen molar-refractivity contribution >= 4 is 11.9 Å². The van der Waals surface area contributed by atoms with E-state index < -0.39 is 11.9 Å². The maximum absolute atomic E-state index is 11.2. The van der Waals surface area contributed by atoms with Crippen LogP contribution in [-0.2, 0) is 22.6 Å². The van der Waals surface area contributed by atoms with Crippen molar-refractivity contribution in [2.24, 2.45) is 0 Å². The predicted octanol–water partition coefficient (Wildman–Crippen LogP) is 1.51. The summed E-state index contributed by atoms with van der Waals surface area (Å²) in [4.78, 5) is 34.7. The van der Waals surface area contributed by atoms with Gasteiger partial charge in [0.2, 0.25) is 0 Å². The van der Waals surface area contributed by atoms with Gasteiger partial charge in [0.05, 0.1) is 50.0 Å². The molecule has 2 aromatic heterocycles. The zero-order valence-corrected chi connectivity index (χ0v) is 22.7. The first-order valence-corrected chi connectivity index (χ1v) is 13.7. The lowest BCUT2D eigenvalue weighted by Crippen LogP contribution is -2.39. The maximum Gasteiger partial charge on any atom is 0.354 e. The Morgan fingerprint density at radius 2 is 1.15 bits per heavy atom. The van der Waals surface area contributed by atoms with Crippen molar-refractivity contribution in [3.63, 3.8) is 0 Å². The highest BCUT2D eigenvalue weighted by Gasteiger charge is 2.27. The lowest BCUT2D eigenvalue weighted by molar-refractivity contribution is -0.0983. The molecule has 0 radical (unpaired) electrons. The van der Waals surface area contributed by atoms with Gasteiger partial charge in [0.15, 0.2) is 0 Å². The van der Waals surface area contributed by atoms with Crippen molar-refractivity contribution in [3.8, 4) is 0 Å². The van der Waals surface area contributed by atoms with Crippen LogP contribution in [0.2, 0.25) is 0 Å². The summed E-state index contributed by atoms with van der Waals surface area (Å²) in [5.41, 5.74) is 1.21. The Labute approximate surface area is 234 Å². The van der Waals surface area contributed by atoms with E-state index in [1.54, 1.807) is 24.3 Å². The molecule has 40 heavy (non-hydrogen) atoms.